The number of nitrogens with zero attached hydrogens (tertiary/aromatic N) is 2. The first-order chi connectivity index (χ1) is 15.5. The fourth-order valence-corrected chi connectivity index (χ4v) is 4.03. The van der Waals surface area contributed by atoms with Gasteiger partial charge >= 0.3 is 0 Å². The van der Waals surface area contributed by atoms with Gasteiger partial charge in [0.1, 0.15) is 5.82 Å². The highest BCUT2D eigenvalue weighted by Gasteiger charge is 2.12. The minimum absolute atomic E-state index is 0. The lowest BCUT2D eigenvalue weighted by Gasteiger charge is -2.12. The molecular formula is C25H23Cl3N4O. The number of benzene rings is 2. The molecule has 3 N–H and O–H groups in total. The van der Waals surface area contributed by atoms with Gasteiger partial charge in [0.25, 0.3) is 0 Å². The molecule has 0 aliphatic carbocycles. The summed E-state index contributed by atoms with van der Waals surface area (Å²) in [7, 11) is 0. The van der Waals surface area contributed by atoms with Crippen molar-refractivity contribution in [3.8, 4) is 11.3 Å². The molecule has 2 aromatic heterocycles. The molecule has 0 radical (unpaired) electrons. The van der Waals surface area contributed by atoms with Gasteiger partial charge in [0, 0.05) is 46.2 Å². The smallest absolute Gasteiger partial charge is 0.185 e. The molecule has 0 amide bonds. The van der Waals surface area contributed by atoms with Crippen molar-refractivity contribution >= 4 is 47.9 Å². The van der Waals surface area contributed by atoms with Crippen molar-refractivity contribution in [2.24, 2.45) is 5.73 Å². The number of imidazole rings is 1. The van der Waals surface area contributed by atoms with Crippen LogP contribution in [-0.2, 0) is 13.0 Å². The number of halogens is 3. The lowest BCUT2D eigenvalue weighted by molar-refractivity contribution is 0.950. The van der Waals surface area contributed by atoms with E-state index in [4.69, 9.17) is 28.9 Å². The second-order valence-electron chi connectivity index (χ2n) is 7.41. The molecule has 2 heterocycles. The van der Waals surface area contributed by atoms with Crippen molar-refractivity contribution in [2.75, 3.05) is 0 Å². The third kappa shape index (κ3) is 5.57. The highest BCUT2D eigenvalue weighted by molar-refractivity contribution is 6.36. The van der Waals surface area contributed by atoms with E-state index >= 15 is 0 Å². The first-order valence-corrected chi connectivity index (χ1v) is 10.9. The number of aromatic amines is 1. The molecule has 2 aromatic carbocycles. The Labute approximate surface area is 208 Å². The summed E-state index contributed by atoms with van der Waals surface area (Å²) in [5.41, 5.74) is 10.8. The van der Waals surface area contributed by atoms with E-state index in [-0.39, 0.29) is 17.8 Å². The predicted molar refractivity (Wildman–Crippen MR) is 139 cm³/mol. The average molecular weight is 502 g/mol. The van der Waals surface area contributed by atoms with E-state index < -0.39 is 0 Å². The molecule has 0 fully saturated rings. The van der Waals surface area contributed by atoms with Gasteiger partial charge in [0.2, 0.25) is 0 Å². The maximum atomic E-state index is 12.5. The third-order valence-corrected chi connectivity index (χ3v) is 6.10. The summed E-state index contributed by atoms with van der Waals surface area (Å²) in [6.07, 6.45) is 7.85. The van der Waals surface area contributed by atoms with E-state index in [1.165, 1.54) is 0 Å². The second kappa shape index (κ2) is 10.9. The second-order valence-corrected chi connectivity index (χ2v) is 8.23. The predicted octanol–water partition coefficient (Wildman–Crippen LogP) is 5.95. The number of hydrogen-bond acceptors (Lipinski definition) is 3. The molecule has 0 aliphatic heterocycles. The van der Waals surface area contributed by atoms with Crippen molar-refractivity contribution in [2.45, 2.75) is 19.9 Å². The van der Waals surface area contributed by atoms with E-state index in [1.807, 2.05) is 48.0 Å². The van der Waals surface area contributed by atoms with Crippen LogP contribution in [0.15, 0.2) is 65.7 Å². The minimum Gasteiger partial charge on any atom is -0.341 e. The molecule has 0 unspecified atom stereocenters. The fourth-order valence-electron chi connectivity index (χ4n) is 3.50. The van der Waals surface area contributed by atoms with Gasteiger partial charge in [-0.05, 0) is 41.8 Å². The Hall–Kier alpha value is -2.83. The van der Waals surface area contributed by atoms with Crippen molar-refractivity contribution in [3.63, 3.8) is 0 Å². The van der Waals surface area contributed by atoms with Crippen LogP contribution in [0, 0.1) is 6.92 Å². The Bertz CT molecular complexity index is 1320. The van der Waals surface area contributed by atoms with Crippen LogP contribution < -0.4 is 11.2 Å². The maximum Gasteiger partial charge on any atom is 0.185 e. The first kappa shape index (κ1) is 24.8. The van der Waals surface area contributed by atoms with E-state index in [0.29, 0.717) is 28.6 Å². The summed E-state index contributed by atoms with van der Waals surface area (Å²) in [6.45, 7) is 2.30. The molecule has 5 nitrogen and oxygen atoms in total. The van der Waals surface area contributed by atoms with Crippen LogP contribution in [-0.4, -0.2) is 14.5 Å². The Morgan fingerprint density at radius 1 is 1.06 bits per heavy atom. The molecule has 0 aliphatic rings. The van der Waals surface area contributed by atoms with Gasteiger partial charge in [-0.3, -0.25) is 4.79 Å². The molecule has 0 bridgehead atoms. The van der Waals surface area contributed by atoms with E-state index in [9.17, 15) is 4.79 Å². The minimum atomic E-state index is -0.0381. The lowest BCUT2D eigenvalue weighted by Crippen LogP contribution is -2.15. The molecule has 33 heavy (non-hydrogen) atoms. The normalized spacial score (nSPS) is 11.0. The van der Waals surface area contributed by atoms with Crippen LogP contribution in [0.3, 0.4) is 0 Å². The Kier molecular flexibility index (Phi) is 8.16. The number of aromatic nitrogens is 3. The van der Waals surface area contributed by atoms with Gasteiger partial charge in [-0.25, -0.2) is 4.98 Å². The highest BCUT2D eigenvalue weighted by atomic mass is 35.5. The summed E-state index contributed by atoms with van der Waals surface area (Å²) >= 11 is 12.6. The van der Waals surface area contributed by atoms with Crippen molar-refractivity contribution in [1.82, 2.24) is 14.5 Å². The molecule has 0 saturated heterocycles. The van der Waals surface area contributed by atoms with E-state index in [0.717, 1.165) is 33.9 Å². The number of hydrogen-bond donors (Lipinski definition) is 2. The fraction of sp³-hybridized carbons (Fsp3) is 0.120. The number of pyridine rings is 1. The summed E-state index contributed by atoms with van der Waals surface area (Å²) in [5, 5.41) is 1.11. The SMILES string of the molecule is Cc1c(Cc2c(Cl)cccc2Cl)c(=O)ccn1C=Cc1ccc(-c2cnc(CN)[nH]2)cc1.Cl. The quantitative estimate of drug-likeness (QED) is 0.342. The van der Waals surface area contributed by atoms with E-state index in [1.54, 1.807) is 36.7 Å². The van der Waals surface area contributed by atoms with Gasteiger partial charge < -0.3 is 15.3 Å². The third-order valence-electron chi connectivity index (χ3n) is 5.39. The summed E-state index contributed by atoms with van der Waals surface area (Å²) in [6, 6.07) is 15.0. The van der Waals surface area contributed by atoms with Gasteiger partial charge in [0.05, 0.1) is 18.4 Å². The van der Waals surface area contributed by atoms with Gasteiger partial charge in [-0.2, -0.15) is 0 Å². The number of nitrogens with one attached hydrogen (secondary N) is 1. The van der Waals surface area contributed by atoms with Crippen molar-refractivity contribution < 1.29 is 0 Å². The molecule has 8 heteroatoms. The molecule has 0 spiro atoms. The molecule has 0 saturated carbocycles. The standard InChI is InChI=1S/C25H22Cl2N4O.ClH/c1-16-19(13-20-21(26)3-2-4-22(20)27)24(32)10-12-31(16)11-9-17-5-7-18(8-6-17)23-15-29-25(14-28)30-23;/h2-12,15H,13-14,28H2,1H3,(H,29,30);1H. The van der Waals surface area contributed by atoms with Crippen LogP contribution in [0.25, 0.3) is 23.5 Å². The highest BCUT2D eigenvalue weighted by Crippen LogP contribution is 2.27. The molecule has 170 valence electrons. The van der Waals surface area contributed by atoms with Crippen LogP contribution in [0.2, 0.25) is 10.0 Å². The van der Waals surface area contributed by atoms with Crippen LogP contribution in [0.5, 0.6) is 0 Å². The zero-order valence-corrected chi connectivity index (χ0v) is 20.2. The Morgan fingerprint density at radius 2 is 1.76 bits per heavy atom. The lowest BCUT2D eigenvalue weighted by atomic mass is 10.0. The maximum absolute atomic E-state index is 12.5. The van der Waals surface area contributed by atoms with Crippen molar-refractivity contribution in [3.05, 3.63) is 109 Å². The topological polar surface area (TPSA) is 76.7 Å². The number of rotatable bonds is 6. The van der Waals surface area contributed by atoms with Crippen molar-refractivity contribution in [1.29, 1.82) is 0 Å². The Balaban J connectivity index is 0.00000306. The zero-order valence-electron chi connectivity index (χ0n) is 17.9. The molecule has 4 rings (SSSR count). The van der Waals surface area contributed by atoms with Gasteiger partial charge in [-0.15, -0.1) is 12.4 Å². The first-order valence-electron chi connectivity index (χ1n) is 10.1. The number of H-pyrrole nitrogens is 1. The zero-order chi connectivity index (χ0) is 22.7. The van der Waals surface area contributed by atoms with Crippen LogP contribution in [0.4, 0.5) is 0 Å². The summed E-state index contributed by atoms with van der Waals surface area (Å²) < 4.78 is 1.93. The van der Waals surface area contributed by atoms with E-state index in [2.05, 4.69) is 9.97 Å². The van der Waals surface area contributed by atoms with Crippen LogP contribution >= 0.6 is 35.6 Å². The largest absolute Gasteiger partial charge is 0.341 e. The number of nitrogens with two attached hydrogens (primary N) is 1. The van der Waals surface area contributed by atoms with Gasteiger partial charge in [0.15, 0.2) is 5.43 Å². The van der Waals surface area contributed by atoms with Gasteiger partial charge in [-0.1, -0.05) is 53.5 Å². The summed E-state index contributed by atoms with van der Waals surface area (Å²) in [5.74, 6) is 0.756. The molecule has 4 aromatic rings. The molecule has 0 atom stereocenters. The Morgan fingerprint density at radius 3 is 2.39 bits per heavy atom. The monoisotopic (exact) mass is 500 g/mol. The molecular weight excluding hydrogens is 479 g/mol. The average Bonchev–Trinajstić information content (AvgIpc) is 3.27. The van der Waals surface area contributed by atoms with Crippen LogP contribution in [0.1, 0.15) is 28.2 Å². The summed E-state index contributed by atoms with van der Waals surface area (Å²) in [4.78, 5) is 20.0.